The molecule has 0 radical (unpaired) electrons. The Kier molecular flexibility index (Phi) is 4.29. The molecule has 0 aromatic heterocycles. The Labute approximate surface area is 95.4 Å². The molecule has 4 N–H and O–H groups in total. The van der Waals surface area contributed by atoms with Crippen molar-refractivity contribution in [2.75, 3.05) is 0 Å². The van der Waals surface area contributed by atoms with Crippen LogP contribution in [0.15, 0.2) is 0 Å². The molecule has 0 aromatic carbocycles. The monoisotopic (exact) mass is 228 g/mol. The van der Waals surface area contributed by atoms with Gasteiger partial charge in [0, 0.05) is 0 Å². The standard InChI is InChI=1S/C11H20N2O3/c1-3-6(2)8(12)10(14)13-9(11(15)16)7-4-5-7/h6-9H,3-5,12H2,1-2H3,(H,13,14)(H,15,16)/t6?,8-,9?/m0/s1. The van der Waals surface area contributed by atoms with E-state index in [1.165, 1.54) is 0 Å². The second-order valence-corrected chi connectivity index (χ2v) is 4.57. The summed E-state index contributed by atoms with van der Waals surface area (Å²) in [4.78, 5) is 22.6. The van der Waals surface area contributed by atoms with Gasteiger partial charge >= 0.3 is 5.97 Å². The van der Waals surface area contributed by atoms with E-state index in [0.717, 1.165) is 19.3 Å². The van der Waals surface area contributed by atoms with Gasteiger partial charge in [0.2, 0.25) is 5.91 Å². The van der Waals surface area contributed by atoms with Crippen LogP contribution in [0.5, 0.6) is 0 Å². The van der Waals surface area contributed by atoms with E-state index in [-0.39, 0.29) is 17.7 Å². The number of amides is 1. The predicted octanol–water partition coefficient (Wildman–Crippen LogP) is 0.339. The van der Waals surface area contributed by atoms with Crippen LogP contribution in [0.4, 0.5) is 0 Å². The van der Waals surface area contributed by atoms with Gasteiger partial charge in [-0.1, -0.05) is 20.3 Å². The summed E-state index contributed by atoms with van der Waals surface area (Å²) in [6.07, 6.45) is 2.54. The summed E-state index contributed by atoms with van der Waals surface area (Å²) in [7, 11) is 0. The van der Waals surface area contributed by atoms with Gasteiger partial charge in [0.25, 0.3) is 0 Å². The topological polar surface area (TPSA) is 92.4 Å². The van der Waals surface area contributed by atoms with E-state index in [2.05, 4.69) is 5.32 Å². The SMILES string of the molecule is CCC(C)[C@H](N)C(=O)NC(C(=O)O)C1CC1. The smallest absolute Gasteiger partial charge is 0.326 e. The second kappa shape index (κ2) is 5.30. The largest absolute Gasteiger partial charge is 0.480 e. The summed E-state index contributed by atoms with van der Waals surface area (Å²) >= 11 is 0. The first-order valence-electron chi connectivity index (χ1n) is 5.76. The molecule has 1 fully saturated rings. The van der Waals surface area contributed by atoms with Gasteiger partial charge in [-0.05, 0) is 24.7 Å². The Hall–Kier alpha value is -1.10. The van der Waals surface area contributed by atoms with Crippen LogP contribution >= 0.6 is 0 Å². The van der Waals surface area contributed by atoms with Crippen molar-refractivity contribution >= 4 is 11.9 Å². The summed E-state index contributed by atoms with van der Waals surface area (Å²) in [6.45, 7) is 3.84. The van der Waals surface area contributed by atoms with Crippen LogP contribution in [0.2, 0.25) is 0 Å². The fraction of sp³-hybridized carbons (Fsp3) is 0.818. The van der Waals surface area contributed by atoms with Crippen molar-refractivity contribution in [2.24, 2.45) is 17.6 Å². The Morgan fingerprint density at radius 1 is 1.50 bits per heavy atom. The van der Waals surface area contributed by atoms with Gasteiger partial charge in [0.05, 0.1) is 6.04 Å². The molecule has 0 aromatic rings. The lowest BCUT2D eigenvalue weighted by Crippen LogP contribution is -2.51. The number of nitrogens with one attached hydrogen (secondary N) is 1. The molecule has 92 valence electrons. The van der Waals surface area contributed by atoms with Gasteiger partial charge in [0.1, 0.15) is 6.04 Å². The van der Waals surface area contributed by atoms with Gasteiger partial charge in [-0.3, -0.25) is 4.79 Å². The molecule has 1 amide bonds. The van der Waals surface area contributed by atoms with Crippen LogP contribution < -0.4 is 11.1 Å². The zero-order valence-corrected chi connectivity index (χ0v) is 9.77. The molecule has 5 nitrogen and oxygen atoms in total. The molecule has 5 heteroatoms. The van der Waals surface area contributed by atoms with Crippen molar-refractivity contribution in [3.8, 4) is 0 Å². The lowest BCUT2D eigenvalue weighted by Gasteiger charge is -2.20. The number of rotatable bonds is 6. The maximum Gasteiger partial charge on any atom is 0.326 e. The minimum Gasteiger partial charge on any atom is -0.480 e. The third kappa shape index (κ3) is 3.20. The highest BCUT2D eigenvalue weighted by Crippen LogP contribution is 2.32. The average Bonchev–Trinajstić information content (AvgIpc) is 3.06. The van der Waals surface area contributed by atoms with Crippen molar-refractivity contribution < 1.29 is 14.7 Å². The summed E-state index contributed by atoms with van der Waals surface area (Å²) in [5.41, 5.74) is 5.74. The second-order valence-electron chi connectivity index (χ2n) is 4.57. The number of hydrogen-bond acceptors (Lipinski definition) is 3. The van der Waals surface area contributed by atoms with E-state index in [1.54, 1.807) is 0 Å². The number of carbonyl (C=O) groups excluding carboxylic acids is 1. The van der Waals surface area contributed by atoms with Crippen molar-refractivity contribution in [1.29, 1.82) is 0 Å². The number of carboxylic acids is 1. The quantitative estimate of drug-likeness (QED) is 0.611. The molecule has 0 saturated heterocycles. The predicted molar refractivity (Wildman–Crippen MR) is 59.7 cm³/mol. The lowest BCUT2D eigenvalue weighted by atomic mass is 9.99. The molecule has 0 heterocycles. The van der Waals surface area contributed by atoms with Gasteiger partial charge in [-0.2, -0.15) is 0 Å². The van der Waals surface area contributed by atoms with Crippen LogP contribution in [-0.4, -0.2) is 29.1 Å². The molecule has 16 heavy (non-hydrogen) atoms. The van der Waals surface area contributed by atoms with E-state index in [0.29, 0.717) is 0 Å². The molecule has 1 aliphatic carbocycles. The third-order valence-corrected chi connectivity index (χ3v) is 3.22. The minimum absolute atomic E-state index is 0.0636. The van der Waals surface area contributed by atoms with Crippen molar-refractivity contribution in [3.63, 3.8) is 0 Å². The Bertz CT molecular complexity index is 276. The van der Waals surface area contributed by atoms with Crippen LogP contribution in [-0.2, 0) is 9.59 Å². The molecule has 3 atom stereocenters. The fourth-order valence-electron chi connectivity index (χ4n) is 1.57. The first-order valence-corrected chi connectivity index (χ1v) is 5.76. The molecular weight excluding hydrogens is 208 g/mol. The van der Waals surface area contributed by atoms with Crippen LogP contribution in [0.1, 0.15) is 33.1 Å². The van der Waals surface area contributed by atoms with Crippen molar-refractivity contribution in [1.82, 2.24) is 5.32 Å². The van der Waals surface area contributed by atoms with Gasteiger partial charge in [0.15, 0.2) is 0 Å². The number of carboxylic acid groups (broad SMARTS) is 1. The van der Waals surface area contributed by atoms with Crippen molar-refractivity contribution in [3.05, 3.63) is 0 Å². The summed E-state index contributed by atoms with van der Waals surface area (Å²) in [6, 6.07) is -1.38. The first kappa shape index (κ1) is 13.0. The molecule has 1 saturated carbocycles. The fourth-order valence-corrected chi connectivity index (χ4v) is 1.57. The highest BCUT2D eigenvalue weighted by molar-refractivity contribution is 5.87. The average molecular weight is 228 g/mol. The molecule has 1 aliphatic rings. The Morgan fingerprint density at radius 2 is 2.06 bits per heavy atom. The highest BCUT2D eigenvalue weighted by atomic mass is 16.4. The van der Waals surface area contributed by atoms with E-state index < -0.39 is 18.1 Å². The minimum atomic E-state index is -0.966. The molecular formula is C11H20N2O3. The zero-order valence-electron chi connectivity index (χ0n) is 9.77. The molecule has 1 rings (SSSR count). The van der Waals surface area contributed by atoms with E-state index in [1.807, 2.05) is 13.8 Å². The van der Waals surface area contributed by atoms with Crippen molar-refractivity contribution in [2.45, 2.75) is 45.2 Å². The Balaban J connectivity index is 2.51. The molecule has 2 unspecified atom stereocenters. The van der Waals surface area contributed by atoms with Crippen LogP contribution in [0.3, 0.4) is 0 Å². The molecule has 0 bridgehead atoms. The zero-order chi connectivity index (χ0) is 12.3. The lowest BCUT2D eigenvalue weighted by molar-refractivity contribution is -0.142. The molecule has 0 aliphatic heterocycles. The summed E-state index contributed by atoms with van der Waals surface area (Å²) in [5.74, 6) is -1.17. The number of hydrogen-bond donors (Lipinski definition) is 3. The third-order valence-electron chi connectivity index (χ3n) is 3.22. The van der Waals surface area contributed by atoms with Crippen LogP contribution in [0, 0.1) is 11.8 Å². The number of nitrogens with two attached hydrogens (primary N) is 1. The van der Waals surface area contributed by atoms with Gasteiger partial charge in [-0.25, -0.2) is 4.79 Å². The van der Waals surface area contributed by atoms with E-state index >= 15 is 0 Å². The number of carbonyl (C=O) groups is 2. The maximum atomic E-state index is 11.7. The Morgan fingerprint density at radius 3 is 2.44 bits per heavy atom. The normalized spacial score (nSPS) is 20.9. The van der Waals surface area contributed by atoms with E-state index in [4.69, 9.17) is 10.8 Å². The summed E-state index contributed by atoms with van der Waals surface area (Å²) < 4.78 is 0. The molecule has 0 spiro atoms. The first-order chi connectivity index (χ1) is 7.47. The van der Waals surface area contributed by atoms with Gasteiger partial charge in [-0.15, -0.1) is 0 Å². The maximum absolute atomic E-state index is 11.7. The number of aliphatic carboxylic acids is 1. The summed E-state index contributed by atoms with van der Waals surface area (Å²) in [5, 5.41) is 11.5. The van der Waals surface area contributed by atoms with Crippen LogP contribution in [0.25, 0.3) is 0 Å². The van der Waals surface area contributed by atoms with E-state index in [9.17, 15) is 9.59 Å². The van der Waals surface area contributed by atoms with Gasteiger partial charge < -0.3 is 16.2 Å². The highest BCUT2D eigenvalue weighted by Gasteiger charge is 2.38.